The van der Waals surface area contributed by atoms with Crippen LogP contribution in [-0.4, -0.2) is 37.1 Å². The molecule has 1 fully saturated rings. The van der Waals surface area contributed by atoms with E-state index in [0.717, 1.165) is 47.4 Å². The van der Waals surface area contributed by atoms with Crippen LogP contribution in [-0.2, 0) is 28.0 Å². The van der Waals surface area contributed by atoms with Gasteiger partial charge in [-0.05, 0) is 61.8 Å². The fourth-order valence-corrected chi connectivity index (χ4v) is 6.72. The molecule has 1 unspecified atom stereocenters. The number of rotatable bonds is 4. The van der Waals surface area contributed by atoms with E-state index >= 15 is 0 Å². The highest BCUT2D eigenvalue weighted by atomic mass is 35.5. The molecule has 1 aromatic carbocycles. The average Bonchev–Trinajstić information content (AvgIpc) is 3.46. The first-order valence-electron chi connectivity index (χ1n) is 11.6. The van der Waals surface area contributed by atoms with Gasteiger partial charge in [0.15, 0.2) is 5.82 Å². The highest BCUT2D eigenvalue weighted by molar-refractivity contribution is 7.16. The average molecular weight is 565 g/mol. The number of amides is 1. The largest absolute Gasteiger partial charge is 0.435 e. The van der Waals surface area contributed by atoms with E-state index in [-0.39, 0.29) is 17.7 Å². The Morgan fingerprint density at radius 3 is 2.39 bits per heavy atom. The van der Waals surface area contributed by atoms with Gasteiger partial charge in [0.1, 0.15) is 5.71 Å². The van der Waals surface area contributed by atoms with Gasteiger partial charge in [0.25, 0.3) is 11.5 Å². The van der Waals surface area contributed by atoms with Gasteiger partial charge < -0.3 is 14.9 Å². The summed E-state index contributed by atoms with van der Waals surface area (Å²) in [5.74, 6) is -1.24. The number of thiophene rings is 1. The van der Waals surface area contributed by atoms with Crippen molar-refractivity contribution in [2.45, 2.75) is 62.8 Å². The molecule has 0 radical (unpaired) electrons. The first-order valence-corrected chi connectivity index (χ1v) is 13.2. The maximum atomic E-state index is 14.4. The van der Waals surface area contributed by atoms with Gasteiger partial charge in [0, 0.05) is 24.8 Å². The summed E-state index contributed by atoms with van der Waals surface area (Å²) in [5.41, 5.74) is -1.51. The SMILES string of the molecule is O=C(NC1CCOCC1)c1sc(C2=NOC(c3cc(Cl)c(F)c(Cl)c3)(C(F)(F)F)C2)c2c1CCCC2. The van der Waals surface area contributed by atoms with E-state index in [1.54, 1.807) is 0 Å². The second-order valence-corrected chi connectivity index (χ2v) is 11.0. The Kier molecular flexibility index (Phi) is 6.99. The zero-order valence-corrected chi connectivity index (χ0v) is 21.3. The van der Waals surface area contributed by atoms with Crippen molar-refractivity contribution in [2.75, 3.05) is 13.2 Å². The van der Waals surface area contributed by atoms with Crippen LogP contribution in [0.1, 0.15) is 63.3 Å². The highest BCUT2D eigenvalue weighted by Crippen LogP contribution is 2.51. The molecule has 5 nitrogen and oxygen atoms in total. The molecular formula is C24H22Cl2F4N2O3S. The first-order chi connectivity index (χ1) is 17.1. The molecule has 1 aromatic heterocycles. The van der Waals surface area contributed by atoms with Crippen LogP contribution < -0.4 is 5.32 Å². The predicted molar refractivity (Wildman–Crippen MR) is 129 cm³/mol. The molecule has 1 atom stereocenters. The molecule has 1 amide bonds. The number of nitrogens with zero attached hydrogens (tertiary/aromatic N) is 1. The molecule has 194 valence electrons. The maximum absolute atomic E-state index is 14.4. The summed E-state index contributed by atoms with van der Waals surface area (Å²) in [4.78, 5) is 19.3. The number of ether oxygens (including phenoxy) is 1. The monoisotopic (exact) mass is 564 g/mol. The van der Waals surface area contributed by atoms with Crippen molar-refractivity contribution in [1.29, 1.82) is 0 Å². The van der Waals surface area contributed by atoms with Gasteiger partial charge in [0.2, 0.25) is 0 Å². The first kappa shape index (κ1) is 25.8. The fraction of sp³-hybridized carbons (Fsp3) is 0.500. The predicted octanol–water partition coefficient (Wildman–Crippen LogP) is 6.56. The lowest BCUT2D eigenvalue weighted by molar-refractivity contribution is -0.275. The third kappa shape index (κ3) is 4.50. The van der Waals surface area contributed by atoms with Gasteiger partial charge in [-0.3, -0.25) is 4.79 Å². The topological polar surface area (TPSA) is 59.9 Å². The highest BCUT2D eigenvalue weighted by Gasteiger charge is 2.63. The van der Waals surface area contributed by atoms with Crippen LogP contribution in [0.3, 0.4) is 0 Å². The molecule has 12 heteroatoms. The van der Waals surface area contributed by atoms with Crippen LogP contribution >= 0.6 is 34.5 Å². The summed E-state index contributed by atoms with van der Waals surface area (Å²) < 4.78 is 62.6. The Labute approximate surface area is 218 Å². The van der Waals surface area contributed by atoms with Crippen LogP contribution in [0.2, 0.25) is 10.0 Å². The van der Waals surface area contributed by atoms with E-state index < -0.39 is 39.6 Å². The lowest BCUT2D eigenvalue weighted by atomic mass is 9.85. The smallest absolute Gasteiger partial charge is 0.381 e. The molecule has 1 N–H and O–H groups in total. The number of carbonyl (C=O) groups excluding carboxylic acids is 1. The molecule has 5 rings (SSSR count). The lowest BCUT2D eigenvalue weighted by Gasteiger charge is -2.29. The Hall–Kier alpha value is -1.88. The molecule has 36 heavy (non-hydrogen) atoms. The van der Waals surface area contributed by atoms with E-state index in [1.807, 2.05) is 0 Å². The minimum atomic E-state index is -4.90. The number of hydrogen-bond acceptors (Lipinski definition) is 5. The number of oxime groups is 1. The Morgan fingerprint density at radius 2 is 1.75 bits per heavy atom. The number of carbonyl (C=O) groups is 1. The molecule has 2 aromatic rings. The quantitative estimate of drug-likeness (QED) is 0.337. The Bertz CT molecular complexity index is 1200. The number of benzene rings is 1. The molecule has 0 bridgehead atoms. The zero-order chi connectivity index (χ0) is 25.7. The van der Waals surface area contributed by atoms with Crippen molar-refractivity contribution < 1.29 is 31.9 Å². The van der Waals surface area contributed by atoms with E-state index in [9.17, 15) is 22.4 Å². The molecule has 0 spiro atoms. The van der Waals surface area contributed by atoms with E-state index in [4.69, 9.17) is 32.8 Å². The zero-order valence-electron chi connectivity index (χ0n) is 18.9. The molecule has 0 saturated carbocycles. The molecule has 3 heterocycles. The van der Waals surface area contributed by atoms with Crippen LogP contribution in [0.15, 0.2) is 17.3 Å². The van der Waals surface area contributed by atoms with Gasteiger partial charge in [0.05, 0.1) is 26.2 Å². The summed E-state index contributed by atoms with van der Waals surface area (Å²) in [6.45, 7) is 1.15. The van der Waals surface area contributed by atoms with Crippen LogP contribution in [0, 0.1) is 5.82 Å². The maximum Gasteiger partial charge on any atom is 0.435 e. The minimum absolute atomic E-state index is 0.00551. The van der Waals surface area contributed by atoms with E-state index in [0.29, 0.717) is 48.7 Å². The Balaban J connectivity index is 1.49. The number of nitrogens with one attached hydrogen (secondary N) is 1. The number of halogens is 6. The standard InChI is InChI=1S/C24H22Cl2F4N2O3S/c25-16-9-12(10-17(26)19(16)27)23(24(28,29)30)11-18(32-35-23)20-14-3-1-2-4-15(14)21(36-20)22(33)31-13-5-7-34-8-6-13/h9-10,13H,1-8,11H2,(H,31,33). The molecule has 1 aliphatic carbocycles. The third-order valence-electron chi connectivity index (χ3n) is 6.88. The third-order valence-corrected chi connectivity index (χ3v) is 8.75. The number of hydrogen-bond donors (Lipinski definition) is 1. The van der Waals surface area contributed by atoms with Crippen molar-refractivity contribution in [1.82, 2.24) is 5.32 Å². The molecule has 3 aliphatic rings. The Morgan fingerprint density at radius 1 is 1.11 bits per heavy atom. The summed E-state index contributed by atoms with van der Waals surface area (Å²) in [7, 11) is 0. The van der Waals surface area contributed by atoms with Crippen molar-refractivity contribution in [2.24, 2.45) is 5.16 Å². The minimum Gasteiger partial charge on any atom is -0.381 e. The van der Waals surface area contributed by atoms with Crippen molar-refractivity contribution in [3.05, 3.63) is 54.4 Å². The van der Waals surface area contributed by atoms with Crippen molar-refractivity contribution in [3.63, 3.8) is 0 Å². The van der Waals surface area contributed by atoms with Gasteiger partial charge >= 0.3 is 6.18 Å². The molecular weight excluding hydrogens is 543 g/mol. The van der Waals surface area contributed by atoms with Crippen LogP contribution in [0.25, 0.3) is 0 Å². The lowest BCUT2D eigenvalue weighted by Crippen LogP contribution is -2.42. The van der Waals surface area contributed by atoms with Gasteiger partial charge in [-0.25, -0.2) is 4.39 Å². The summed E-state index contributed by atoms with van der Waals surface area (Å²) in [6, 6.07) is 1.73. The molecule has 1 saturated heterocycles. The second-order valence-electron chi connectivity index (χ2n) is 9.17. The summed E-state index contributed by atoms with van der Waals surface area (Å²) in [6.07, 6.45) is -1.07. The van der Waals surface area contributed by atoms with E-state index in [2.05, 4.69) is 10.5 Å². The normalized spacial score (nSPS) is 22.7. The van der Waals surface area contributed by atoms with Gasteiger partial charge in [-0.15, -0.1) is 11.3 Å². The fourth-order valence-electron chi connectivity index (χ4n) is 4.96. The van der Waals surface area contributed by atoms with Crippen molar-refractivity contribution >= 4 is 46.2 Å². The van der Waals surface area contributed by atoms with Gasteiger partial charge in [-0.2, -0.15) is 13.2 Å². The molecule has 2 aliphatic heterocycles. The van der Waals surface area contributed by atoms with E-state index in [1.165, 1.54) is 0 Å². The van der Waals surface area contributed by atoms with Crippen molar-refractivity contribution in [3.8, 4) is 0 Å². The van der Waals surface area contributed by atoms with Crippen LogP contribution in [0.4, 0.5) is 17.6 Å². The summed E-state index contributed by atoms with van der Waals surface area (Å²) in [5, 5.41) is 5.82. The number of fused-ring (bicyclic) bond motifs is 1. The van der Waals surface area contributed by atoms with Gasteiger partial charge in [-0.1, -0.05) is 28.4 Å². The number of alkyl halides is 3. The second kappa shape index (κ2) is 9.78. The summed E-state index contributed by atoms with van der Waals surface area (Å²) >= 11 is 12.8. The van der Waals surface area contributed by atoms with Crippen LogP contribution in [0.5, 0.6) is 0 Å².